The van der Waals surface area contributed by atoms with Crippen molar-refractivity contribution in [2.45, 2.75) is 72.1 Å². The van der Waals surface area contributed by atoms with Crippen LogP contribution in [0.25, 0.3) is 11.1 Å². The first-order chi connectivity index (χ1) is 21.5. The molecule has 0 unspecified atom stereocenters. The zero-order valence-corrected chi connectivity index (χ0v) is 26.2. The molecule has 0 bridgehead atoms. The maximum Gasteiger partial charge on any atom is 0.416 e. The van der Waals surface area contributed by atoms with Gasteiger partial charge >= 0.3 is 12.1 Å². The lowest BCUT2D eigenvalue weighted by Gasteiger charge is -2.29. The van der Waals surface area contributed by atoms with Crippen LogP contribution in [0.15, 0.2) is 41.3 Å². The number of benzene rings is 2. The Balaban J connectivity index is 1.79. The number of carbonyl (C=O) groups is 2. The summed E-state index contributed by atoms with van der Waals surface area (Å²) in [7, 11) is 0. The smallest absolute Gasteiger partial charge is 0.416 e. The number of aryl methyl sites for hydroxylation is 3. The molecule has 1 aromatic heterocycles. The fourth-order valence-corrected chi connectivity index (χ4v) is 6.01. The average molecular weight is 649 g/mol. The number of rotatable bonds is 11. The summed E-state index contributed by atoms with van der Waals surface area (Å²) in [4.78, 5) is 39.0. The molecule has 248 valence electrons. The Kier molecular flexibility index (Phi) is 10.4. The molecule has 1 saturated heterocycles. The van der Waals surface area contributed by atoms with E-state index in [1.54, 1.807) is 33.8 Å². The van der Waals surface area contributed by atoms with Crippen LogP contribution in [0, 0.1) is 44.2 Å². The molecule has 0 saturated carbocycles. The highest BCUT2D eigenvalue weighted by Gasteiger charge is 2.37. The van der Waals surface area contributed by atoms with Crippen LogP contribution in [0.1, 0.15) is 72.2 Å². The Morgan fingerprint density at radius 3 is 2.17 bits per heavy atom. The zero-order valence-electron chi connectivity index (χ0n) is 26.2. The Morgan fingerprint density at radius 1 is 1.02 bits per heavy atom. The summed E-state index contributed by atoms with van der Waals surface area (Å²) < 4.78 is 77.5. The summed E-state index contributed by atoms with van der Waals surface area (Å²) in [5.41, 5.74) is -0.0573. The van der Waals surface area contributed by atoms with Gasteiger partial charge in [0.15, 0.2) is 0 Å². The van der Waals surface area contributed by atoms with Crippen molar-refractivity contribution in [1.82, 2.24) is 9.88 Å². The number of carbonyl (C=O) groups excluding carboxylic acids is 1. The highest BCUT2D eigenvalue weighted by Crippen LogP contribution is 2.36. The number of halogens is 5. The summed E-state index contributed by atoms with van der Waals surface area (Å²) in [5.74, 6) is -3.80. The molecule has 1 fully saturated rings. The highest BCUT2D eigenvalue weighted by molar-refractivity contribution is 5.82. The van der Waals surface area contributed by atoms with E-state index < -0.39 is 59.3 Å². The number of amides is 1. The molecule has 0 spiro atoms. The molecule has 2 heterocycles. The number of ether oxygens (including phenoxy) is 1. The molecule has 3 aromatic rings. The Bertz CT molecular complexity index is 1670. The molecule has 0 aliphatic carbocycles. The van der Waals surface area contributed by atoms with Gasteiger partial charge in [-0.15, -0.1) is 0 Å². The largest absolute Gasteiger partial charge is 0.481 e. The van der Waals surface area contributed by atoms with Gasteiger partial charge in [-0.3, -0.25) is 14.4 Å². The number of carboxylic acid groups (broad SMARTS) is 1. The van der Waals surface area contributed by atoms with Gasteiger partial charge in [0.2, 0.25) is 5.91 Å². The number of aromatic nitrogens is 1. The first-order valence-corrected chi connectivity index (χ1v) is 15.0. The third kappa shape index (κ3) is 7.83. The standard InChI is InChI=1S/C34H37F5N2O5/c1-17(2)6-28(41-14-23(10-21-15-46-16-21)26(12-29(41)42)34(37,38)39)33(45)40-27(13-30(43)44)25-11-22(7-20(5)32(25)36)31-18(3)8-24(35)9-19(31)4/h7-9,11-12,14,17,21,27-28H,6,10,13,15-16H2,1-5H3,(H,40,45)(H,43,44)/t27-,28-/m1/s1. The second-order valence-corrected chi connectivity index (χ2v) is 12.5. The summed E-state index contributed by atoms with van der Waals surface area (Å²) >= 11 is 0. The molecule has 2 atom stereocenters. The van der Waals surface area contributed by atoms with Crippen molar-refractivity contribution in [3.63, 3.8) is 0 Å². The maximum absolute atomic E-state index is 15.7. The van der Waals surface area contributed by atoms with Gasteiger partial charge < -0.3 is 19.7 Å². The SMILES string of the molecule is Cc1cc(-c2c(C)cc(F)cc2C)cc([C@@H](CC(=O)O)NC(=O)[C@@H](CC(C)C)n2cc(CC3COC3)c(C(F)(F)F)cc2=O)c1F. The van der Waals surface area contributed by atoms with Crippen molar-refractivity contribution in [2.24, 2.45) is 11.8 Å². The van der Waals surface area contributed by atoms with Crippen LogP contribution in [-0.2, 0) is 26.9 Å². The van der Waals surface area contributed by atoms with Gasteiger partial charge in [0.25, 0.3) is 5.56 Å². The molecule has 12 heteroatoms. The van der Waals surface area contributed by atoms with Crippen LogP contribution in [0.4, 0.5) is 22.0 Å². The van der Waals surface area contributed by atoms with Crippen LogP contribution >= 0.6 is 0 Å². The minimum Gasteiger partial charge on any atom is -0.481 e. The molecule has 4 rings (SSSR count). The quantitative estimate of drug-likeness (QED) is 0.222. The van der Waals surface area contributed by atoms with E-state index in [4.69, 9.17) is 4.74 Å². The number of hydrogen-bond donors (Lipinski definition) is 2. The van der Waals surface area contributed by atoms with Crippen molar-refractivity contribution in [1.29, 1.82) is 0 Å². The number of aliphatic carboxylic acids is 1. The number of nitrogens with one attached hydrogen (secondary N) is 1. The molecule has 7 nitrogen and oxygen atoms in total. The van der Waals surface area contributed by atoms with E-state index >= 15 is 4.39 Å². The Morgan fingerprint density at radius 2 is 1.65 bits per heavy atom. The Labute approximate surface area is 263 Å². The zero-order chi connectivity index (χ0) is 34.1. The monoisotopic (exact) mass is 648 g/mol. The van der Waals surface area contributed by atoms with Crippen molar-refractivity contribution >= 4 is 11.9 Å². The second-order valence-electron chi connectivity index (χ2n) is 12.5. The van der Waals surface area contributed by atoms with Gasteiger partial charge in [-0.25, -0.2) is 8.78 Å². The summed E-state index contributed by atoms with van der Waals surface area (Å²) in [6.45, 7) is 8.91. The van der Waals surface area contributed by atoms with E-state index in [0.29, 0.717) is 28.3 Å². The lowest BCUT2D eigenvalue weighted by Crippen LogP contribution is -2.41. The number of hydrogen-bond acceptors (Lipinski definition) is 4. The number of carboxylic acids is 1. The maximum atomic E-state index is 15.7. The molecule has 2 N–H and O–H groups in total. The molecule has 2 aromatic carbocycles. The van der Waals surface area contributed by atoms with Crippen molar-refractivity contribution in [2.75, 3.05) is 13.2 Å². The second kappa shape index (κ2) is 13.7. The summed E-state index contributed by atoms with van der Waals surface area (Å²) in [6.07, 6.45) is -4.48. The molecule has 1 aliphatic rings. The lowest BCUT2D eigenvalue weighted by atomic mass is 9.90. The molecule has 1 aliphatic heterocycles. The van der Waals surface area contributed by atoms with E-state index in [1.807, 2.05) is 0 Å². The van der Waals surface area contributed by atoms with Gasteiger partial charge in [-0.1, -0.05) is 13.8 Å². The van der Waals surface area contributed by atoms with Crippen LogP contribution in [0.3, 0.4) is 0 Å². The van der Waals surface area contributed by atoms with Crippen molar-refractivity contribution in [3.05, 3.63) is 91.9 Å². The third-order valence-corrected chi connectivity index (χ3v) is 8.16. The third-order valence-electron chi connectivity index (χ3n) is 8.16. The minimum atomic E-state index is -4.80. The highest BCUT2D eigenvalue weighted by atomic mass is 19.4. The van der Waals surface area contributed by atoms with Gasteiger partial charge in [0.1, 0.15) is 17.7 Å². The topological polar surface area (TPSA) is 97.6 Å². The van der Waals surface area contributed by atoms with Crippen LogP contribution in [-0.4, -0.2) is 34.8 Å². The fourth-order valence-electron chi connectivity index (χ4n) is 6.01. The first kappa shape index (κ1) is 34.8. The van der Waals surface area contributed by atoms with Gasteiger partial charge in [0, 0.05) is 23.7 Å². The van der Waals surface area contributed by atoms with E-state index in [9.17, 15) is 37.1 Å². The number of nitrogens with zero attached hydrogens (tertiary/aromatic N) is 1. The molecule has 1 amide bonds. The number of alkyl halides is 3. The first-order valence-electron chi connectivity index (χ1n) is 15.0. The summed E-state index contributed by atoms with van der Waals surface area (Å²) in [6, 6.07) is 3.34. The minimum absolute atomic E-state index is 0.0215. The van der Waals surface area contributed by atoms with E-state index in [2.05, 4.69) is 5.32 Å². The van der Waals surface area contributed by atoms with E-state index in [-0.39, 0.29) is 54.6 Å². The summed E-state index contributed by atoms with van der Waals surface area (Å²) in [5, 5.41) is 12.3. The normalized spacial score (nSPS) is 15.0. The van der Waals surface area contributed by atoms with Crippen LogP contribution in [0.2, 0.25) is 0 Å². The van der Waals surface area contributed by atoms with Crippen molar-refractivity contribution < 1.29 is 41.4 Å². The van der Waals surface area contributed by atoms with Crippen molar-refractivity contribution in [3.8, 4) is 11.1 Å². The Hall–Kier alpha value is -4.06. The lowest BCUT2D eigenvalue weighted by molar-refractivity contribution is -0.139. The van der Waals surface area contributed by atoms with Gasteiger partial charge in [0.05, 0.1) is 31.2 Å². The van der Waals surface area contributed by atoms with E-state index in [1.165, 1.54) is 25.1 Å². The number of pyridine rings is 1. The average Bonchev–Trinajstić information content (AvgIpc) is 2.90. The fraction of sp³-hybridized carbons (Fsp3) is 0.441. The van der Waals surface area contributed by atoms with Gasteiger partial charge in [-0.2, -0.15) is 13.2 Å². The van der Waals surface area contributed by atoms with Crippen LogP contribution < -0.4 is 10.9 Å². The molecule has 0 radical (unpaired) electrons. The predicted octanol–water partition coefficient (Wildman–Crippen LogP) is 6.85. The molecular formula is C34H37F5N2O5. The van der Waals surface area contributed by atoms with Gasteiger partial charge in [-0.05, 0) is 97.2 Å². The van der Waals surface area contributed by atoms with Crippen LogP contribution in [0.5, 0.6) is 0 Å². The van der Waals surface area contributed by atoms with E-state index in [0.717, 1.165) is 10.8 Å². The predicted molar refractivity (Wildman–Crippen MR) is 161 cm³/mol. The molecule has 46 heavy (non-hydrogen) atoms. The molecular weight excluding hydrogens is 611 g/mol.